The summed E-state index contributed by atoms with van der Waals surface area (Å²) in [7, 11) is 0. The van der Waals surface area contributed by atoms with Crippen molar-refractivity contribution in [2.24, 2.45) is 0 Å². The van der Waals surface area contributed by atoms with E-state index in [0.717, 1.165) is 33.6 Å². The second kappa shape index (κ2) is 8.10. The van der Waals surface area contributed by atoms with E-state index in [1.54, 1.807) is 0 Å². The Kier molecular flexibility index (Phi) is 5.19. The lowest BCUT2D eigenvalue weighted by Gasteiger charge is -2.17. The lowest BCUT2D eigenvalue weighted by molar-refractivity contribution is -0.114. The van der Waals surface area contributed by atoms with Crippen LogP contribution in [-0.2, 0) is 4.79 Å². The van der Waals surface area contributed by atoms with Crippen molar-refractivity contribution in [2.45, 2.75) is 13.8 Å². The largest absolute Gasteiger partial charge is 0.311 e. The molecule has 0 saturated heterocycles. The summed E-state index contributed by atoms with van der Waals surface area (Å²) in [6.07, 6.45) is 0. The van der Waals surface area contributed by atoms with Crippen molar-refractivity contribution in [3.8, 4) is 34.1 Å². The van der Waals surface area contributed by atoms with Crippen LogP contribution in [0.5, 0.6) is 0 Å². The third-order valence-electron chi connectivity index (χ3n) is 5.04. The van der Waals surface area contributed by atoms with Gasteiger partial charge in [0.15, 0.2) is 0 Å². The highest BCUT2D eigenvalue weighted by Crippen LogP contribution is 2.43. The van der Waals surface area contributed by atoms with Crippen LogP contribution in [0.4, 0.5) is 5.82 Å². The number of nitrogens with one attached hydrogen (secondary N) is 1. The van der Waals surface area contributed by atoms with E-state index in [9.17, 15) is 10.1 Å². The number of para-hydroxylation sites is 1. The van der Waals surface area contributed by atoms with Crippen molar-refractivity contribution < 1.29 is 4.79 Å². The summed E-state index contributed by atoms with van der Waals surface area (Å²) in [5.74, 6) is 0.259. The van der Waals surface area contributed by atoms with Crippen LogP contribution >= 0.6 is 0 Å². The van der Waals surface area contributed by atoms with Crippen LogP contribution in [-0.4, -0.2) is 10.5 Å². The van der Waals surface area contributed by atoms with Gasteiger partial charge in [-0.1, -0.05) is 78.9 Å². The van der Waals surface area contributed by atoms with Crippen LogP contribution in [0.3, 0.4) is 0 Å². The van der Waals surface area contributed by atoms with Crippen LogP contribution in [0, 0.1) is 18.3 Å². The Morgan fingerprint density at radius 1 is 0.867 bits per heavy atom. The Bertz CT molecular complexity index is 1250. The van der Waals surface area contributed by atoms with Gasteiger partial charge in [0.1, 0.15) is 17.5 Å². The number of rotatable bonds is 4. The highest BCUT2D eigenvalue weighted by molar-refractivity contribution is 5.98. The summed E-state index contributed by atoms with van der Waals surface area (Å²) >= 11 is 0. The van der Waals surface area contributed by atoms with E-state index in [0.29, 0.717) is 11.4 Å². The monoisotopic (exact) mass is 391 g/mol. The standard InChI is InChI=1S/C26H21N3O/c1-18-11-9-10-16-23(18)29-25(21-14-7-4-8-15-21)24(20-12-5-3-6-13-20)22(17-27)26(29)28-19(2)30/h3-16H,1-2H3,(H,28,30). The fraction of sp³-hybridized carbons (Fsp3) is 0.0769. The fourth-order valence-corrected chi connectivity index (χ4v) is 3.78. The summed E-state index contributed by atoms with van der Waals surface area (Å²) in [6, 6.07) is 30.1. The van der Waals surface area contributed by atoms with E-state index < -0.39 is 0 Å². The Morgan fingerprint density at radius 2 is 1.43 bits per heavy atom. The number of anilines is 1. The Morgan fingerprint density at radius 3 is 2.00 bits per heavy atom. The highest BCUT2D eigenvalue weighted by atomic mass is 16.1. The first kappa shape index (κ1) is 19.2. The highest BCUT2D eigenvalue weighted by Gasteiger charge is 2.27. The number of hydrogen-bond acceptors (Lipinski definition) is 2. The molecule has 0 unspecified atom stereocenters. The number of hydrogen-bond donors (Lipinski definition) is 1. The molecule has 0 spiro atoms. The van der Waals surface area contributed by atoms with Gasteiger partial charge in [-0.05, 0) is 29.7 Å². The van der Waals surface area contributed by atoms with Crippen LogP contribution in [0.15, 0.2) is 84.9 Å². The third kappa shape index (κ3) is 3.38. The molecule has 4 nitrogen and oxygen atoms in total. The third-order valence-corrected chi connectivity index (χ3v) is 5.04. The predicted octanol–water partition coefficient (Wildman–Crippen LogP) is 5.95. The van der Waals surface area contributed by atoms with Crippen molar-refractivity contribution in [2.75, 3.05) is 5.32 Å². The van der Waals surface area contributed by atoms with E-state index in [2.05, 4.69) is 11.4 Å². The maximum atomic E-state index is 12.1. The van der Waals surface area contributed by atoms with Gasteiger partial charge >= 0.3 is 0 Å². The van der Waals surface area contributed by atoms with Gasteiger partial charge in [-0.2, -0.15) is 5.26 Å². The zero-order valence-electron chi connectivity index (χ0n) is 16.9. The first-order valence-electron chi connectivity index (χ1n) is 9.75. The van der Waals surface area contributed by atoms with Crippen LogP contribution in [0.1, 0.15) is 18.1 Å². The Balaban J connectivity index is 2.20. The molecular formula is C26H21N3O. The smallest absolute Gasteiger partial charge is 0.222 e. The number of aromatic nitrogens is 1. The maximum Gasteiger partial charge on any atom is 0.222 e. The van der Waals surface area contributed by atoms with Crippen LogP contribution in [0.2, 0.25) is 0 Å². The summed E-state index contributed by atoms with van der Waals surface area (Å²) in [4.78, 5) is 12.1. The van der Waals surface area contributed by atoms with Gasteiger partial charge < -0.3 is 5.32 Å². The molecule has 0 atom stereocenters. The van der Waals surface area contributed by atoms with Gasteiger partial charge in [0.2, 0.25) is 5.91 Å². The van der Waals surface area contributed by atoms with Gasteiger partial charge in [-0.15, -0.1) is 0 Å². The zero-order chi connectivity index (χ0) is 21.1. The van der Waals surface area contributed by atoms with Crippen LogP contribution < -0.4 is 5.32 Å². The van der Waals surface area contributed by atoms with E-state index in [1.165, 1.54) is 6.92 Å². The summed E-state index contributed by atoms with van der Waals surface area (Å²) in [5, 5.41) is 13.1. The van der Waals surface area contributed by atoms with Crippen LogP contribution in [0.25, 0.3) is 28.1 Å². The number of carbonyl (C=O) groups excluding carboxylic acids is 1. The predicted molar refractivity (Wildman–Crippen MR) is 120 cm³/mol. The minimum Gasteiger partial charge on any atom is -0.311 e. The number of nitrogens with zero attached hydrogens (tertiary/aromatic N) is 2. The molecule has 0 aliphatic heterocycles. The van der Waals surface area contributed by atoms with Crippen molar-refractivity contribution in [1.82, 2.24) is 4.57 Å². The molecular weight excluding hydrogens is 370 g/mol. The molecule has 0 radical (unpaired) electrons. The second-order valence-corrected chi connectivity index (χ2v) is 7.09. The average molecular weight is 391 g/mol. The SMILES string of the molecule is CC(=O)Nc1c(C#N)c(-c2ccccc2)c(-c2ccccc2)n1-c1ccccc1C. The molecule has 1 heterocycles. The van der Waals surface area contributed by atoms with Crippen molar-refractivity contribution in [3.05, 3.63) is 96.1 Å². The topological polar surface area (TPSA) is 57.8 Å². The average Bonchev–Trinajstić information content (AvgIpc) is 3.08. The zero-order valence-corrected chi connectivity index (χ0v) is 16.9. The number of carbonyl (C=O) groups is 1. The van der Waals surface area contributed by atoms with E-state index in [1.807, 2.05) is 96.4 Å². The molecule has 4 aromatic rings. The molecule has 4 rings (SSSR count). The second-order valence-electron chi connectivity index (χ2n) is 7.09. The van der Waals surface area contributed by atoms with Gasteiger partial charge in [0.25, 0.3) is 0 Å². The summed E-state index contributed by atoms with van der Waals surface area (Å²) < 4.78 is 1.99. The van der Waals surface area contributed by atoms with Gasteiger partial charge in [-0.25, -0.2) is 0 Å². The number of aryl methyl sites for hydroxylation is 1. The summed E-state index contributed by atoms with van der Waals surface area (Å²) in [6.45, 7) is 3.48. The molecule has 146 valence electrons. The Hall–Kier alpha value is -4.10. The molecule has 0 aliphatic carbocycles. The molecule has 30 heavy (non-hydrogen) atoms. The van der Waals surface area contributed by atoms with Gasteiger partial charge in [0, 0.05) is 12.5 Å². The summed E-state index contributed by atoms with van der Waals surface area (Å²) in [5.41, 5.74) is 5.96. The number of nitriles is 1. The maximum absolute atomic E-state index is 12.1. The molecule has 3 aromatic carbocycles. The first-order valence-corrected chi connectivity index (χ1v) is 9.75. The molecule has 1 amide bonds. The minimum absolute atomic E-state index is 0.224. The lowest BCUT2D eigenvalue weighted by atomic mass is 9.98. The minimum atomic E-state index is -0.224. The molecule has 0 fully saturated rings. The quantitative estimate of drug-likeness (QED) is 0.467. The normalized spacial score (nSPS) is 10.4. The fourth-order valence-electron chi connectivity index (χ4n) is 3.78. The van der Waals surface area contributed by atoms with Gasteiger partial charge in [-0.3, -0.25) is 9.36 Å². The van der Waals surface area contributed by atoms with E-state index in [4.69, 9.17) is 0 Å². The van der Waals surface area contributed by atoms with Gasteiger partial charge in [0.05, 0.1) is 11.4 Å². The van der Waals surface area contributed by atoms with Crippen molar-refractivity contribution in [3.63, 3.8) is 0 Å². The molecule has 0 bridgehead atoms. The first-order chi connectivity index (χ1) is 14.6. The molecule has 4 heteroatoms. The number of amides is 1. The molecule has 0 saturated carbocycles. The lowest BCUT2D eigenvalue weighted by Crippen LogP contribution is -2.12. The van der Waals surface area contributed by atoms with E-state index in [-0.39, 0.29) is 5.91 Å². The number of benzene rings is 3. The van der Waals surface area contributed by atoms with E-state index >= 15 is 0 Å². The Labute approximate surface area is 176 Å². The molecule has 1 N–H and O–H groups in total. The molecule has 0 aliphatic rings. The van der Waals surface area contributed by atoms with Crippen molar-refractivity contribution >= 4 is 11.7 Å². The van der Waals surface area contributed by atoms with Crippen molar-refractivity contribution in [1.29, 1.82) is 5.26 Å². The molecule has 1 aromatic heterocycles.